The van der Waals surface area contributed by atoms with Crippen molar-refractivity contribution in [2.75, 3.05) is 18.9 Å². The molecule has 0 amide bonds. The third-order valence-electron chi connectivity index (χ3n) is 4.40. The van der Waals surface area contributed by atoms with Crippen molar-refractivity contribution < 1.29 is 0 Å². The van der Waals surface area contributed by atoms with Gasteiger partial charge in [-0.3, -0.25) is 0 Å². The fraction of sp³-hybridized carbons (Fsp3) is 0.667. The van der Waals surface area contributed by atoms with Gasteiger partial charge >= 0.3 is 0 Å². The lowest BCUT2D eigenvalue weighted by Crippen LogP contribution is -2.39. The number of nitrogens with one attached hydrogen (secondary N) is 2. The van der Waals surface area contributed by atoms with Crippen LogP contribution in [0.4, 0.5) is 5.82 Å². The van der Waals surface area contributed by atoms with Gasteiger partial charge in [-0.25, -0.2) is 4.98 Å². The SMILES string of the molecule is CNC1CC(CCc2ccc3c(n2)NCCC3)C1. The molecular weight excluding hydrogens is 222 g/mol. The van der Waals surface area contributed by atoms with E-state index in [2.05, 4.69) is 29.8 Å². The van der Waals surface area contributed by atoms with Crippen molar-refractivity contribution in [1.29, 1.82) is 0 Å². The second kappa shape index (κ2) is 5.27. The highest BCUT2D eigenvalue weighted by atomic mass is 15.0. The lowest BCUT2D eigenvalue weighted by molar-refractivity contribution is 0.220. The Kier molecular flexibility index (Phi) is 3.50. The summed E-state index contributed by atoms with van der Waals surface area (Å²) < 4.78 is 0. The molecule has 1 aliphatic carbocycles. The molecule has 0 bridgehead atoms. The highest BCUT2D eigenvalue weighted by molar-refractivity contribution is 5.46. The number of aryl methyl sites for hydroxylation is 2. The molecule has 0 aromatic carbocycles. The van der Waals surface area contributed by atoms with Crippen LogP contribution in [0.2, 0.25) is 0 Å². The van der Waals surface area contributed by atoms with E-state index in [4.69, 9.17) is 4.98 Å². The minimum atomic E-state index is 0.771. The van der Waals surface area contributed by atoms with Gasteiger partial charge in [-0.05, 0) is 63.1 Å². The molecule has 0 radical (unpaired) electrons. The topological polar surface area (TPSA) is 37.0 Å². The lowest BCUT2D eigenvalue weighted by Gasteiger charge is -2.35. The minimum absolute atomic E-state index is 0.771. The van der Waals surface area contributed by atoms with Crippen LogP contribution in [0.3, 0.4) is 0 Å². The van der Waals surface area contributed by atoms with Crippen LogP contribution in [0.15, 0.2) is 12.1 Å². The average molecular weight is 245 g/mol. The van der Waals surface area contributed by atoms with Crippen molar-refractivity contribution in [3.05, 3.63) is 23.4 Å². The van der Waals surface area contributed by atoms with E-state index in [0.29, 0.717) is 0 Å². The summed E-state index contributed by atoms with van der Waals surface area (Å²) in [4.78, 5) is 4.76. The first-order valence-electron chi connectivity index (χ1n) is 7.25. The summed E-state index contributed by atoms with van der Waals surface area (Å²) in [6.45, 7) is 1.08. The molecule has 2 aliphatic rings. The van der Waals surface area contributed by atoms with E-state index in [1.54, 1.807) is 0 Å². The molecule has 0 atom stereocenters. The van der Waals surface area contributed by atoms with Crippen molar-refractivity contribution in [2.24, 2.45) is 5.92 Å². The van der Waals surface area contributed by atoms with Crippen molar-refractivity contribution in [2.45, 2.75) is 44.6 Å². The van der Waals surface area contributed by atoms with Crippen LogP contribution in [-0.4, -0.2) is 24.6 Å². The van der Waals surface area contributed by atoms with Gasteiger partial charge < -0.3 is 10.6 Å². The number of aromatic nitrogens is 1. The number of fused-ring (bicyclic) bond motifs is 1. The molecule has 0 unspecified atom stereocenters. The fourth-order valence-electron chi connectivity index (χ4n) is 3.07. The first kappa shape index (κ1) is 12.0. The van der Waals surface area contributed by atoms with E-state index in [0.717, 1.165) is 30.7 Å². The predicted octanol–water partition coefficient (Wildman–Crippen LogP) is 2.37. The highest BCUT2D eigenvalue weighted by Gasteiger charge is 2.27. The summed E-state index contributed by atoms with van der Waals surface area (Å²) in [5, 5.41) is 6.76. The van der Waals surface area contributed by atoms with Gasteiger partial charge in [0.2, 0.25) is 0 Å². The van der Waals surface area contributed by atoms with Gasteiger partial charge in [0, 0.05) is 18.3 Å². The molecule has 1 aromatic heterocycles. The Bertz CT molecular complexity index is 410. The van der Waals surface area contributed by atoms with E-state index in [1.807, 2.05) is 0 Å². The zero-order valence-corrected chi connectivity index (χ0v) is 11.2. The normalized spacial score (nSPS) is 26.1. The van der Waals surface area contributed by atoms with Crippen molar-refractivity contribution in [3.8, 4) is 0 Å². The van der Waals surface area contributed by atoms with Crippen molar-refractivity contribution in [3.63, 3.8) is 0 Å². The Balaban J connectivity index is 1.54. The zero-order chi connectivity index (χ0) is 12.4. The van der Waals surface area contributed by atoms with Crippen LogP contribution >= 0.6 is 0 Å². The Labute approximate surface area is 109 Å². The van der Waals surface area contributed by atoms with E-state index in [-0.39, 0.29) is 0 Å². The molecule has 1 aliphatic heterocycles. The molecule has 2 heterocycles. The van der Waals surface area contributed by atoms with Gasteiger partial charge in [0.1, 0.15) is 5.82 Å². The third-order valence-corrected chi connectivity index (χ3v) is 4.40. The second-order valence-electron chi connectivity index (χ2n) is 5.70. The minimum Gasteiger partial charge on any atom is -0.370 e. The second-order valence-corrected chi connectivity index (χ2v) is 5.70. The van der Waals surface area contributed by atoms with Gasteiger partial charge in [0.25, 0.3) is 0 Å². The van der Waals surface area contributed by atoms with E-state index in [1.165, 1.54) is 43.4 Å². The quantitative estimate of drug-likeness (QED) is 0.855. The Hall–Kier alpha value is -1.09. The number of anilines is 1. The zero-order valence-electron chi connectivity index (χ0n) is 11.2. The monoisotopic (exact) mass is 245 g/mol. The summed E-state index contributed by atoms with van der Waals surface area (Å²) in [6.07, 6.45) is 7.54. The fourth-order valence-corrected chi connectivity index (χ4v) is 3.07. The standard InChI is InChI=1S/C15H23N3/c1-16-14-9-11(10-14)4-6-13-7-5-12-3-2-8-17-15(12)18-13/h5,7,11,14,16H,2-4,6,8-10H2,1H3,(H,17,18). The van der Waals surface area contributed by atoms with Gasteiger partial charge in [0.15, 0.2) is 0 Å². The Morgan fingerprint density at radius 1 is 1.39 bits per heavy atom. The van der Waals surface area contributed by atoms with Crippen LogP contribution in [0.5, 0.6) is 0 Å². The van der Waals surface area contributed by atoms with Gasteiger partial charge in [-0.1, -0.05) is 6.07 Å². The third kappa shape index (κ3) is 2.51. The molecule has 1 saturated carbocycles. The molecule has 18 heavy (non-hydrogen) atoms. The molecule has 3 nitrogen and oxygen atoms in total. The number of hydrogen-bond donors (Lipinski definition) is 2. The molecule has 1 aromatic rings. The van der Waals surface area contributed by atoms with Crippen LogP contribution in [-0.2, 0) is 12.8 Å². The maximum absolute atomic E-state index is 4.76. The number of hydrogen-bond acceptors (Lipinski definition) is 3. The molecule has 0 saturated heterocycles. The summed E-state index contributed by atoms with van der Waals surface area (Å²) in [5.41, 5.74) is 2.65. The van der Waals surface area contributed by atoms with Crippen molar-refractivity contribution >= 4 is 5.82 Å². The van der Waals surface area contributed by atoms with Crippen LogP contribution in [0.25, 0.3) is 0 Å². The summed E-state index contributed by atoms with van der Waals surface area (Å²) in [7, 11) is 2.07. The highest BCUT2D eigenvalue weighted by Crippen LogP contribution is 2.31. The number of rotatable bonds is 4. The summed E-state index contributed by atoms with van der Waals surface area (Å²) in [5.74, 6) is 2.05. The number of pyridine rings is 1. The molecule has 3 rings (SSSR count). The molecule has 1 fully saturated rings. The Morgan fingerprint density at radius 2 is 2.28 bits per heavy atom. The maximum atomic E-state index is 4.76. The first-order valence-corrected chi connectivity index (χ1v) is 7.25. The van der Waals surface area contributed by atoms with E-state index < -0.39 is 0 Å². The smallest absolute Gasteiger partial charge is 0.129 e. The summed E-state index contributed by atoms with van der Waals surface area (Å²) in [6, 6.07) is 5.26. The van der Waals surface area contributed by atoms with Crippen LogP contribution in [0.1, 0.15) is 36.9 Å². The lowest BCUT2D eigenvalue weighted by atomic mass is 9.77. The summed E-state index contributed by atoms with van der Waals surface area (Å²) >= 11 is 0. The first-order chi connectivity index (χ1) is 8.85. The molecule has 3 heteroatoms. The maximum Gasteiger partial charge on any atom is 0.129 e. The van der Waals surface area contributed by atoms with Crippen LogP contribution < -0.4 is 10.6 Å². The molecule has 98 valence electrons. The Morgan fingerprint density at radius 3 is 3.11 bits per heavy atom. The van der Waals surface area contributed by atoms with E-state index >= 15 is 0 Å². The molecular formula is C15H23N3. The van der Waals surface area contributed by atoms with Crippen molar-refractivity contribution in [1.82, 2.24) is 10.3 Å². The molecule has 0 spiro atoms. The predicted molar refractivity (Wildman–Crippen MR) is 74.9 cm³/mol. The largest absolute Gasteiger partial charge is 0.370 e. The van der Waals surface area contributed by atoms with E-state index in [9.17, 15) is 0 Å². The molecule has 2 N–H and O–H groups in total. The van der Waals surface area contributed by atoms with Gasteiger partial charge in [-0.15, -0.1) is 0 Å². The van der Waals surface area contributed by atoms with Gasteiger partial charge in [-0.2, -0.15) is 0 Å². The van der Waals surface area contributed by atoms with Crippen LogP contribution in [0, 0.1) is 5.92 Å². The number of nitrogens with zero attached hydrogens (tertiary/aromatic N) is 1. The average Bonchev–Trinajstić information content (AvgIpc) is 2.37. The van der Waals surface area contributed by atoms with Gasteiger partial charge in [0.05, 0.1) is 0 Å².